The maximum absolute atomic E-state index is 12.8. The van der Waals surface area contributed by atoms with Gasteiger partial charge in [0.25, 0.3) is 5.91 Å². The lowest BCUT2D eigenvalue weighted by atomic mass is 10.2. The van der Waals surface area contributed by atoms with Gasteiger partial charge in [-0.25, -0.2) is 9.78 Å². The number of carbonyl (C=O) groups excluding carboxylic acids is 2. The largest absolute Gasteiger partial charge is 0.465 e. The number of esters is 1. The van der Waals surface area contributed by atoms with Crippen LogP contribution >= 0.6 is 0 Å². The number of pyridine rings is 1. The number of anilines is 3. The number of para-hydroxylation sites is 1. The van der Waals surface area contributed by atoms with Gasteiger partial charge in [0.2, 0.25) is 0 Å². The molecule has 0 saturated heterocycles. The highest BCUT2D eigenvalue weighted by atomic mass is 16.5. The fourth-order valence-corrected chi connectivity index (χ4v) is 2.76. The maximum Gasteiger partial charge on any atom is 0.337 e. The molecule has 2 aromatic carbocycles. The standard InChI is InChI=1S/C22H21N3O3/c1-3-25(19-7-5-4-6-8-19)21(26)17-11-14-20(23-15-17)24-18-12-9-16(10-13-18)22(27)28-2/h4-15H,3H2,1-2H3,(H,23,24). The van der Waals surface area contributed by atoms with Crippen molar-refractivity contribution in [2.75, 3.05) is 23.9 Å². The van der Waals surface area contributed by atoms with Gasteiger partial charge in [0, 0.05) is 24.1 Å². The van der Waals surface area contributed by atoms with Crippen LogP contribution in [-0.4, -0.2) is 30.5 Å². The minimum atomic E-state index is -0.383. The molecule has 6 heteroatoms. The summed E-state index contributed by atoms with van der Waals surface area (Å²) < 4.78 is 4.68. The van der Waals surface area contributed by atoms with E-state index in [0.717, 1.165) is 11.4 Å². The molecule has 0 radical (unpaired) electrons. The Kier molecular flexibility index (Phi) is 6.01. The van der Waals surface area contributed by atoms with Crippen LogP contribution in [-0.2, 0) is 4.74 Å². The van der Waals surface area contributed by atoms with Crippen molar-refractivity contribution in [2.24, 2.45) is 0 Å². The number of rotatable bonds is 6. The molecular formula is C22H21N3O3. The summed E-state index contributed by atoms with van der Waals surface area (Å²) in [6.45, 7) is 2.50. The second-order valence-corrected chi connectivity index (χ2v) is 6.01. The highest BCUT2D eigenvalue weighted by Gasteiger charge is 2.16. The number of amides is 1. The van der Waals surface area contributed by atoms with Crippen LogP contribution in [0, 0.1) is 0 Å². The molecule has 0 aliphatic rings. The van der Waals surface area contributed by atoms with Crippen LogP contribution in [0.5, 0.6) is 0 Å². The topological polar surface area (TPSA) is 71.5 Å². The quantitative estimate of drug-likeness (QED) is 0.651. The third-order valence-electron chi connectivity index (χ3n) is 4.22. The summed E-state index contributed by atoms with van der Waals surface area (Å²) in [5.41, 5.74) is 2.61. The molecule has 1 heterocycles. The van der Waals surface area contributed by atoms with E-state index in [1.165, 1.54) is 7.11 Å². The Labute approximate surface area is 163 Å². The lowest BCUT2D eigenvalue weighted by Crippen LogP contribution is -2.30. The molecule has 142 valence electrons. The molecule has 1 amide bonds. The fourth-order valence-electron chi connectivity index (χ4n) is 2.76. The van der Waals surface area contributed by atoms with E-state index in [1.807, 2.05) is 37.3 Å². The average Bonchev–Trinajstić information content (AvgIpc) is 2.75. The van der Waals surface area contributed by atoms with Gasteiger partial charge in [-0.3, -0.25) is 4.79 Å². The number of ether oxygens (including phenoxy) is 1. The van der Waals surface area contributed by atoms with E-state index in [2.05, 4.69) is 15.0 Å². The Morgan fingerprint density at radius 2 is 1.64 bits per heavy atom. The van der Waals surface area contributed by atoms with Crippen LogP contribution in [0.15, 0.2) is 72.9 Å². The molecule has 0 saturated carbocycles. The first-order chi connectivity index (χ1) is 13.6. The van der Waals surface area contributed by atoms with Gasteiger partial charge in [-0.1, -0.05) is 18.2 Å². The van der Waals surface area contributed by atoms with E-state index in [-0.39, 0.29) is 11.9 Å². The lowest BCUT2D eigenvalue weighted by molar-refractivity contribution is 0.0600. The van der Waals surface area contributed by atoms with E-state index in [0.29, 0.717) is 23.5 Å². The van der Waals surface area contributed by atoms with Gasteiger partial charge in [0.1, 0.15) is 5.82 Å². The van der Waals surface area contributed by atoms with Gasteiger partial charge in [-0.15, -0.1) is 0 Å². The number of benzene rings is 2. The molecule has 3 aromatic rings. The molecule has 28 heavy (non-hydrogen) atoms. The van der Waals surface area contributed by atoms with E-state index in [4.69, 9.17) is 0 Å². The van der Waals surface area contributed by atoms with Crippen molar-refractivity contribution in [2.45, 2.75) is 6.92 Å². The fraction of sp³-hybridized carbons (Fsp3) is 0.136. The highest BCUT2D eigenvalue weighted by molar-refractivity contribution is 6.06. The Balaban J connectivity index is 1.71. The monoisotopic (exact) mass is 375 g/mol. The zero-order valence-electron chi connectivity index (χ0n) is 15.8. The third kappa shape index (κ3) is 4.35. The number of carbonyl (C=O) groups is 2. The predicted octanol–water partition coefficient (Wildman–Crippen LogP) is 4.28. The summed E-state index contributed by atoms with van der Waals surface area (Å²) >= 11 is 0. The molecule has 0 unspecified atom stereocenters. The van der Waals surface area contributed by atoms with Crippen LogP contribution in [0.3, 0.4) is 0 Å². The first-order valence-electron chi connectivity index (χ1n) is 8.90. The molecule has 0 bridgehead atoms. The molecule has 3 rings (SSSR count). The third-order valence-corrected chi connectivity index (χ3v) is 4.22. The zero-order valence-corrected chi connectivity index (χ0v) is 15.8. The number of aromatic nitrogens is 1. The summed E-state index contributed by atoms with van der Waals surface area (Å²) in [4.78, 5) is 30.3. The van der Waals surface area contributed by atoms with Gasteiger partial charge in [-0.2, -0.15) is 0 Å². The molecule has 0 fully saturated rings. The smallest absolute Gasteiger partial charge is 0.337 e. The van der Waals surface area contributed by atoms with Crippen molar-refractivity contribution in [3.63, 3.8) is 0 Å². The van der Waals surface area contributed by atoms with Gasteiger partial charge in [-0.05, 0) is 55.5 Å². The Morgan fingerprint density at radius 1 is 0.964 bits per heavy atom. The van der Waals surface area contributed by atoms with E-state index in [1.54, 1.807) is 47.5 Å². The highest BCUT2D eigenvalue weighted by Crippen LogP contribution is 2.19. The first-order valence-corrected chi connectivity index (χ1v) is 8.90. The molecule has 1 aromatic heterocycles. The Morgan fingerprint density at radius 3 is 2.21 bits per heavy atom. The summed E-state index contributed by atoms with van der Waals surface area (Å²) in [5, 5.41) is 3.14. The SMILES string of the molecule is CCN(C(=O)c1ccc(Nc2ccc(C(=O)OC)cc2)nc1)c1ccccc1. The molecule has 6 nitrogen and oxygen atoms in total. The van der Waals surface area contributed by atoms with Crippen molar-refractivity contribution >= 4 is 29.1 Å². The van der Waals surface area contributed by atoms with Crippen LogP contribution in [0.4, 0.5) is 17.2 Å². The van der Waals surface area contributed by atoms with Crippen LogP contribution in [0.2, 0.25) is 0 Å². The van der Waals surface area contributed by atoms with E-state index in [9.17, 15) is 9.59 Å². The van der Waals surface area contributed by atoms with Crippen molar-refractivity contribution in [3.8, 4) is 0 Å². The van der Waals surface area contributed by atoms with Gasteiger partial charge >= 0.3 is 5.97 Å². The molecule has 1 N–H and O–H groups in total. The predicted molar refractivity (Wildman–Crippen MR) is 109 cm³/mol. The average molecular weight is 375 g/mol. The maximum atomic E-state index is 12.8. The molecular weight excluding hydrogens is 354 g/mol. The minimum absolute atomic E-state index is 0.102. The number of nitrogens with one attached hydrogen (secondary N) is 1. The second-order valence-electron chi connectivity index (χ2n) is 6.01. The normalized spacial score (nSPS) is 10.2. The summed E-state index contributed by atoms with van der Waals surface area (Å²) in [6, 6.07) is 19.9. The minimum Gasteiger partial charge on any atom is -0.465 e. The van der Waals surface area contributed by atoms with E-state index >= 15 is 0 Å². The Hall–Kier alpha value is -3.67. The van der Waals surface area contributed by atoms with Crippen molar-refractivity contribution in [1.29, 1.82) is 0 Å². The summed E-state index contributed by atoms with van der Waals surface area (Å²) in [6.07, 6.45) is 1.55. The van der Waals surface area contributed by atoms with E-state index < -0.39 is 0 Å². The number of nitrogens with zero attached hydrogens (tertiary/aromatic N) is 2. The number of methoxy groups -OCH3 is 1. The van der Waals surface area contributed by atoms with Gasteiger partial charge < -0.3 is 15.0 Å². The number of hydrogen-bond donors (Lipinski definition) is 1. The summed E-state index contributed by atoms with van der Waals surface area (Å²) in [7, 11) is 1.35. The van der Waals surface area contributed by atoms with Crippen LogP contribution < -0.4 is 10.2 Å². The lowest BCUT2D eigenvalue weighted by Gasteiger charge is -2.21. The second kappa shape index (κ2) is 8.81. The van der Waals surface area contributed by atoms with Crippen LogP contribution in [0.25, 0.3) is 0 Å². The Bertz CT molecular complexity index is 939. The van der Waals surface area contributed by atoms with Gasteiger partial charge in [0.05, 0.1) is 18.2 Å². The molecule has 0 aliphatic heterocycles. The van der Waals surface area contributed by atoms with Crippen LogP contribution in [0.1, 0.15) is 27.6 Å². The van der Waals surface area contributed by atoms with Gasteiger partial charge in [0.15, 0.2) is 0 Å². The van der Waals surface area contributed by atoms with Crippen molar-refractivity contribution in [3.05, 3.63) is 84.1 Å². The van der Waals surface area contributed by atoms with Crippen molar-refractivity contribution in [1.82, 2.24) is 4.98 Å². The zero-order chi connectivity index (χ0) is 19.9. The van der Waals surface area contributed by atoms with Crippen molar-refractivity contribution < 1.29 is 14.3 Å². The summed E-state index contributed by atoms with van der Waals surface area (Å²) in [5.74, 6) is 0.117. The molecule has 0 spiro atoms. The molecule has 0 aliphatic carbocycles. The first kappa shape index (κ1) is 19.1. The number of hydrogen-bond acceptors (Lipinski definition) is 5. The molecule has 0 atom stereocenters.